The second-order valence-electron chi connectivity index (χ2n) is 3.55. The molecule has 2 amide bonds. The molecule has 1 unspecified atom stereocenters. The number of hydrogen-bond donors (Lipinski definition) is 1. The van der Waals surface area contributed by atoms with E-state index in [1.807, 2.05) is 0 Å². The number of anilines is 1. The van der Waals surface area contributed by atoms with Gasteiger partial charge < -0.3 is 5.32 Å². The number of pyridine rings is 1. The van der Waals surface area contributed by atoms with Crippen LogP contribution in [0.2, 0.25) is 5.02 Å². The number of imide groups is 1. The fourth-order valence-corrected chi connectivity index (χ4v) is 1.62. The van der Waals surface area contributed by atoms with Crippen LogP contribution in [0.3, 0.4) is 0 Å². The van der Waals surface area contributed by atoms with Crippen LogP contribution < -0.4 is 5.32 Å². The van der Waals surface area contributed by atoms with Gasteiger partial charge in [-0.1, -0.05) is 11.6 Å². The van der Waals surface area contributed by atoms with E-state index in [-0.39, 0.29) is 18.2 Å². The summed E-state index contributed by atoms with van der Waals surface area (Å²) in [5, 5.41) is 3.42. The van der Waals surface area contributed by atoms with Crippen molar-refractivity contribution in [1.82, 2.24) is 9.88 Å². The minimum atomic E-state index is -0.522. The lowest BCUT2D eigenvalue weighted by Gasteiger charge is -2.11. The summed E-state index contributed by atoms with van der Waals surface area (Å²) in [6.45, 7) is 0. The van der Waals surface area contributed by atoms with E-state index in [1.54, 1.807) is 12.1 Å². The molecule has 2 heterocycles. The van der Waals surface area contributed by atoms with Crippen molar-refractivity contribution in [3.8, 4) is 0 Å². The molecule has 6 heteroatoms. The number of likely N-dealkylation sites (N-methyl/N-ethyl adjacent to an activating group) is 1. The fraction of sp³-hybridized carbons (Fsp3) is 0.300. The van der Waals surface area contributed by atoms with E-state index in [2.05, 4.69) is 10.3 Å². The van der Waals surface area contributed by atoms with E-state index >= 15 is 0 Å². The van der Waals surface area contributed by atoms with Gasteiger partial charge in [-0.3, -0.25) is 14.5 Å². The summed E-state index contributed by atoms with van der Waals surface area (Å²) in [6, 6.07) is 2.81. The molecule has 16 heavy (non-hydrogen) atoms. The Morgan fingerprint density at radius 2 is 2.25 bits per heavy atom. The van der Waals surface area contributed by atoms with E-state index in [0.717, 1.165) is 4.90 Å². The Bertz CT molecular complexity index is 432. The van der Waals surface area contributed by atoms with Crippen molar-refractivity contribution in [1.29, 1.82) is 0 Å². The molecule has 1 aromatic heterocycles. The number of amides is 2. The number of rotatable bonds is 2. The van der Waals surface area contributed by atoms with Crippen molar-refractivity contribution in [3.63, 3.8) is 0 Å². The average Bonchev–Trinajstić information content (AvgIpc) is 2.50. The third-order valence-corrected chi connectivity index (χ3v) is 2.65. The third kappa shape index (κ3) is 1.99. The van der Waals surface area contributed by atoms with Gasteiger partial charge in [0.05, 0.1) is 11.4 Å². The largest absolute Gasteiger partial charge is 0.358 e. The molecule has 2 rings (SSSR count). The zero-order valence-corrected chi connectivity index (χ0v) is 9.36. The quantitative estimate of drug-likeness (QED) is 0.779. The van der Waals surface area contributed by atoms with Gasteiger partial charge in [0.1, 0.15) is 11.9 Å². The number of halogens is 1. The summed E-state index contributed by atoms with van der Waals surface area (Å²) in [4.78, 5) is 28.0. The summed E-state index contributed by atoms with van der Waals surface area (Å²) in [5.74, 6) is 0.115. The maximum absolute atomic E-state index is 11.6. The van der Waals surface area contributed by atoms with Crippen LogP contribution in [-0.2, 0) is 9.59 Å². The van der Waals surface area contributed by atoms with Crippen LogP contribution in [0.15, 0.2) is 18.3 Å². The van der Waals surface area contributed by atoms with Crippen LogP contribution in [0.4, 0.5) is 5.82 Å². The van der Waals surface area contributed by atoms with E-state index in [9.17, 15) is 9.59 Å². The van der Waals surface area contributed by atoms with Gasteiger partial charge in [-0.25, -0.2) is 4.98 Å². The Balaban J connectivity index is 2.09. The van der Waals surface area contributed by atoms with Gasteiger partial charge in [-0.2, -0.15) is 0 Å². The summed E-state index contributed by atoms with van der Waals surface area (Å²) in [6.07, 6.45) is 1.65. The lowest BCUT2D eigenvalue weighted by Crippen LogP contribution is -2.31. The Morgan fingerprint density at radius 3 is 2.75 bits per heavy atom. The van der Waals surface area contributed by atoms with Crippen molar-refractivity contribution in [2.45, 2.75) is 12.5 Å². The van der Waals surface area contributed by atoms with Gasteiger partial charge in [-0.15, -0.1) is 0 Å². The number of carbonyl (C=O) groups excluding carboxylic acids is 2. The predicted octanol–water partition coefficient (Wildman–Crippen LogP) is 0.904. The van der Waals surface area contributed by atoms with Crippen LogP contribution in [0.25, 0.3) is 0 Å². The molecular weight excluding hydrogens is 230 g/mol. The average molecular weight is 240 g/mol. The molecule has 0 aromatic carbocycles. The van der Waals surface area contributed by atoms with E-state index in [0.29, 0.717) is 10.8 Å². The first-order valence-electron chi connectivity index (χ1n) is 4.76. The van der Waals surface area contributed by atoms with Crippen molar-refractivity contribution in [2.24, 2.45) is 0 Å². The van der Waals surface area contributed by atoms with Crippen LogP contribution >= 0.6 is 11.6 Å². The topological polar surface area (TPSA) is 62.3 Å². The number of hydrogen-bond acceptors (Lipinski definition) is 4. The molecule has 0 aliphatic carbocycles. The van der Waals surface area contributed by atoms with Gasteiger partial charge >= 0.3 is 0 Å². The molecule has 1 N–H and O–H groups in total. The highest BCUT2D eigenvalue weighted by Gasteiger charge is 2.35. The van der Waals surface area contributed by atoms with Crippen molar-refractivity contribution < 1.29 is 9.59 Å². The number of nitrogens with zero attached hydrogens (tertiary/aromatic N) is 2. The highest BCUT2D eigenvalue weighted by molar-refractivity contribution is 6.30. The lowest BCUT2D eigenvalue weighted by molar-refractivity contribution is -0.136. The standard InChI is InChI=1S/C10H10ClN3O2/c1-14-9(15)4-7(10(14)16)13-8-3-2-6(11)5-12-8/h2-3,5,7H,4H2,1H3,(H,12,13). The molecule has 0 saturated carbocycles. The van der Waals surface area contributed by atoms with Crippen molar-refractivity contribution in [3.05, 3.63) is 23.4 Å². The Morgan fingerprint density at radius 1 is 1.50 bits per heavy atom. The molecule has 0 radical (unpaired) electrons. The maximum Gasteiger partial charge on any atom is 0.251 e. The van der Waals surface area contributed by atoms with Gasteiger partial charge in [0, 0.05) is 13.2 Å². The van der Waals surface area contributed by atoms with E-state index in [4.69, 9.17) is 11.6 Å². The second-order valence-corrected chi connectivity index (χ2v) is 3.99. The first kappa shape index (κ1) is 10.9. The normalized spacial score (nSPS) is 20.4. The fourth-order valence-electron chi connectivity index (χ4n) is 1.51. The van der Waals surface area contributed by atoms with Gasteiger partial charge in [-0.05, 0) is 12.1 Å². The highest BCUT2D eigenvalue weighted by atomic mass is 35.5. The molecule has 1 aromatic rings. The van der Waals surface area contributed by atoms with Crippen molar-refractivity contribution >= 4 is 29.2 Å². The number of likely N-dealkylation sites (tertiary alicyclic amines) is 1. The Hall–Kier alpha value is -1.62. The lowest BCUT2D eigenvalue weighted by atomic mass is 10.2. The van der Waals surface area contributed by atoms with Crippen LogP contribution in [0.1, 0.15) is 6.42 Å². The smallest absolute Gasteiger partial charge is 0.251 e. The van der Waals surface area contributed by atoms with E-state index in [1.165, 1.54) is 13.2 Å². The van der Waals surface area contributed by atoms with Gasteiger partial charge in [0.15, 0.2) is 0 Å². The minimum Gasteiger partial charge on any atom is -0.358 e. The van der Waals surface area contributed by atoms with Crippen LogP contribution in [0.5, 0.6) is 0 Å². The van der Waals surface area contributed by atoms with Crippen LogP contribution in [-0.4, -0.2) is 34.8 Å². The maximum atomic E-state index is 11.6. The number of aromatic nitrogens is 1. The first-order valence-corrected chi connectivity index (χ1v) is 5.14. The summed E-state index contributed by atoms with van der Waals surface area (Å²) < 4.78 is 0. The van der Waals surface area contributed by atoms with Crippen molar-refractivity contribution in [2.75, 3.05) is 12.4 Å². The first-order chi connectivity index (χ1) is 7.58. The van der Waals surface area contributed by atoms with Gasteiger partial charge in [0.25, 0.3) is 5.91 Å². The molecule has 0 spiro atoms. The molecular formula is C10H10ClN3O2. The van der Waals surface area contributed by atoms with E-state index < -0.39 is 6.04 Å². The molecule has 1 saturated heterocycles. The molecule has 1 aliphatic rings. The summed E-state index contributed by atoms with van der Waals surface area (Å²) in [5.41, 5.74) is 0. The molecule has 1 aliphatic heterocycles. The molecule has 1 atom stereocenters. The predicted molar refractivity (Wildman–Crippen MR) is 59.1 cm³/mol. The molecule has 1 fully saturated rings. The zero-order valence-electron chi connectivity index (χ0n) is 8.61. The summed E-state index contributed by atoms with van der Waals surface area (Å²) in [7, 11) is 1.47. The second kappa shape index (κ2) is 4.09. The Labute approximate surface area is 97.4 Å². The molecule has 84 valence electrons. The zero-order chi connectivity index (χ0) is 11.7. The monoisotopic (exact) mass is 239 g/mol. The van der Waals surface area contributed by atoms with Crippen LogP contribution in [0, 0.1) is 0 Å². The summed E-state index contributed by atoms with van der Waals surface area (Å²) >= 11 is 5.68. The third-order valence-electron chi connectivity index (χ3n) is 2.43. The minimum absolute atomic E-state index is 0.166. The number of carbonyl (C=O) groups is 2. The molecule has 5 nitrogen and oxygen atoms in total. The number of nitrogens with one attached hydrogen (secondary N) is 1. The Kier molecular flexibility index (Phi) is 2.78. The highest BCUT2D eigenvalue weighted by Crippen LogP contribution is 2.16. The SMILES string of the molecule is CN1C(=O)CC(Nc2ccc(Cl)cn2)C1=O. The molecule has 0 bridgehead atoms. The van der Waals surface area contributed by atoms with Gasteiger partial charge in [0.2, 0.25) is 5.91 Å².